The van der Waals surface area contributed by atoms with Crippen molar-refractivity contribution in [1.82, 2.24) is 15.1 Å². The Bertz CT molecular complexity index is 520. The summed E-state index contributed by atoms with van der Waals surface area (Å²) >= 11 is 0. The summed E-state index contributed by atoms with van der Waals surface area (Å²) in [4.78, 5) is 0. The van der Waals surface area contributed by atoms with E-state index in [1.54, 1.807) is 0 Å². The summed E-state index contributed by atoms with van der Waals surface area (Å²) in [7, 11) is 1.96. The minimum atomic E-state index is 0.106. The van der Waals surface area contributed by atoms with E-state index in [9.17, 15) is 0 Å². The van der Waals surface area contributed by atoms with Crippen molar-refractivity contribution in [3.05, 3.63) is 30.0 Å². The highest BCUT2D eigenvalue weighted by Crippen LogP contribution is 2.28. The molecule has 1 aromatic carbocycles. The van der Waals surface area contributed by atoms with Crippen LogP contribution in [0.3, 0.4) is 0 Å². The number of likely N-dealkylation sites (N-methyl/N-ethyl adjacent to an activating group) is 1. The van der Waals surface area contributed by atoms with Crippen molar-refractivity contribution in [1.29, 1.82) is 0 Å². The maximum absolute atomic E-state index is 5.91. The molecule has 1 aromatic heterocycles. The zero-order valence-electron chi connectivity index (χ0n) is 10.0. The van der Waals surface area contributed by atoms with Gasteiger partial charge in [0.2, 0.25) is 0 Å². The van der Waals surface area contributed by atoms with Gasteiger partial charge in [-0.15, -0.1) is 0 Å². The molecule has 90 valence electrons. The molecule has 0 spiro atoms. The van der Waals surface area contributed by atoms with Crippen molar-refractivity contribution >= 4 is 10.9 Å². The lowest BCUT2D eigenvalue weighted by Gasteiger charge is -2.15. The van der Waals surface area contributed by atoms with E-state index in [1.165, 1.54) is 11.1 Å². The van der Waals surface area contributed by atoms with Crippen LogP contribution in [0.5, 0.6) is 0 Å². The highest BCUT2D eigenvalue weighted by molar-refractivity contribution is 5.81. The van der Waals surface area contributed by atoms with Crippen molar-refractivity contribution in [2.45, 2.75) is 19.1 Å². The number of aryl methyl sites for hydroxylation is 1. The van der Waals surface area contributed by atoms with Crippen LogP contribution in [0.15, 0.2) is 24.3 Å². The van der Waals surface area contributed by atoms with Gasteiger partial charge in [-0.05, 0) is 19.5 Å². The summed E-state index contributed by atoms with van der Waals surface area (Å²) in [6, 6.07) is 8.29. The van der Waals surface area contributed by atoms with Crippen LogP contribution in [0.4, 0.5) is 0 Å². The number of hydrogen-bond acceptors (Lipinski definition) is 3. The van der Waals surface area contributed by atoms with Gasteiger partial charge in [-0.1, -0.05) is 18.2 Å². The van der Waals surface area contributed by atoms with Crippen LogP contribution >= 0.6 is 0 Å². The van der Waals surface area contributed by atoms with Gasteiger partial charge in [0, 0.05) is 25.1 Å². The molecule has 1 atom stereocenters. The fourth-order valence-electron chi connectivity index (χ4n) is 2.47. The van der Waals surface area contributed by atoms with E-state index >= 15 is 0 Å². The minimum absolute atomic E-state index is 0.106. The highest BCUT2D eigenvalue weighted by Gasteiger charge is 2.23. The smallest absolute Gasteiger partial charge is 0.112 e. The Morgan fingerprint density at radius 1 is 1.47 bits per heavy atom. The number of nitrogens with zero attached hydrogens (tertiary/aromatic N) is 2. The Kier molecular flexibility index (Phi) is 2.82. The minimum Gasteiger partial charge on any atom is -0.371 e. The third-order valence-electron chi connectivity index (χ3n) is 3.21. The summed E-state index contributed by atoms with van der Waals surface area (Å²) in [5, 5.41) is 9.07. The summed E-state index contributed by atoms with van der Waals surface area (Å²) < 4.78 is 8.02. The van der Waals surface area contributed by atoms with Crippen LogP contribution in [0.1, 0.15) is 18.2 Å². The Labute approximate surface area is 101 Å². The number of benzene rings is 1. The molecule has 4 nitrogen and oxygen atoms in total. The number of fused-ring (bicyclic) bond motifs is 3. The standard InChI is InChI=1S/C13H17N3O/c1-14-9-12-13-10-5-2-3-6-11(10)15-16(13)7-4-8-17-12/h2-3,5-6,12,14H,4,7-9H2,1H3. The van der Waals surface area contributed by atoms with E-state index in [4.69, 9.17) is 4.74 Å². The van der Waals surface area contributed by atoms with E-state index in [0.717, 1.165) is 31.6 Å². The molecule has 1 unspecified atom stereocenters. The molecule has 0 fully saturated rings. The topological polar surface area (TPSA) is 39.1 Å². The number of ether oxygens (including phenoxy) is 1. The second-order valence-electron chi connectivity index (χ2n) is 4.40. The predicted molar refractivity (Wildman–Crippen MR) is 67.0 cm³/mol. The largest absolute Gasteiger partial charge is 0.371 e. The molecule has 2 aromatic rings. The summed E-state index contributed by atoms with van der Waals surface area (Å²) in [5.41, 5.74) is 2.28. The van der Waals surface area contributed by atoms with Gasteiger partial charge < -0.3 is 10.1 Å². The average molecular weight is 231 g/mol. The van der Waals surface area contributed by atoms with E-state index in [1.807, 2.05) is 13.1 Å². The van der Waals surface area contributed by atoms with Crippen LogP contribution in [0, 0.1) is 0 Å². The van der Waals surface area contributed by atoms with Gasteiger partial charge in [0.05, 0.1) is 11.2 Å². The van der Waals surface area contributed by atoms with Crippen molar-refractivity contribution in [3.63, 3.8) is 0 Å². The lowest BCUT2D eigenvalue weighted by molar-refractivity contribution is 0.0581. The predicted octanol–water partition coefficient (Wildman–Crippen LogP) is 1.72. The Balaban J connectivity index is 2.15. The molecular formula is C13H17N3O. The first kappa shape index (κ1) is 10.7. The quantitative estimate of drug-likeness (QED) is 0.855. The van der Waals surface area contributed by atoms with Gasteiger partial charge in [0.15, 0.2) is 0 Å². The monoisotopic (exact) mass is 231 g/mol. The third kappa shape index (κ3) is 1.83. The van der Waals surface area contributed by atoms with Crippen LogP contribution in [-0.4, -0.2) is 30.0 Å². The third-order valence-corrected chi connectivity index (χ3v) is 3.21. The number of nitrogens with one attached hydrogen (secondary N) is 1. The van der Waals surface area contributed by atoms with Crippen LogP contribution in [0.25, 0.3) is 10.9 Å². The fourth-order valence-corrected chi connectivity index (χ4v) is 2.47. The van der Waals surface area contributed by atoms with Gasteiger partial charge in [-0.2, -0.15) is 5.10 Å². The molecular weight excluding hydrogens is 214 g/mol. The van der Waals surface area contributed by atoms with Crippen molar-refractivity contribution in [2.24, 2.45) is 0 Å². The molecule has 0 aliphatic carbocycles. The molecule has 2 heterocycles. The van der Waals surface area contributed by atoms with Crippen LogP contribution in [-0.2, 0) is 11.3 Å². The molecule has 0 amide bonds. The molecule has 1 aliphatic heterocycles. The SMILES string of the molecule is CNCC1OCCCn2nc3ccccc3c21. The van der Waals surface area contributed by atoms with Gasteiger partial charge in [-0.25, -0.2) is 0 Å². The Morgan fingerprint density at radius 2 is 2.35 bits per heavy atom. The van der Waals surface area contributed by atoms with Gasteiger partial charge in [-0.3, -0.25) is 4.68 Å². The lowest BCUT2D eigenvalue weighted by Crippen LogP contribution is -2.20. The molecule has 0 radical (unpaired) electrons. The summed E-state index contributed by atoms with van der Waals surface area (Å²) in [6.07, 6.45) is 1.14. The number of rotatable bonds is 2. The first-order valence-corrected chi connectivity index (χ1v) is 6.12. The van der Waals surface area contributed by atoms with Crippen molar-refractivity contribution in [3.8, 4) is 0 Å². The first-order chi connectivity index (χ1) is 8.40. The van der Waals surface area contributed by atoms with E-state index in [-0.39, 0.29) is 6.10 Å². The summed E-state index contributed by atoms with van der Waals surface area (Å²) in [6.45, 7) is 2.59. The highest BCUT2D eigenvalue weighted by atomic mass is 16.5. The molecule has 0 bridgehead atoms. The maximum Gasteiger partial charge on any atom is 0.112 e. The molecule has 17 heavy (non-hydrogen) atoms. The molecule has 0 saturated carbocycles. The van der Waals surface area contributed by atoms with Gasteiger partial charge in [0.1, 0.15) is 6.10 Å². The van der Waals surface area contributed by atoms with Crippen LogP contribution in [0.2, 0.25) is 0 Å². The zero-order valence-corrected chi connectivity index (χ0v) is 10.0. The lowest BCUT2D eigenvalue weighted by atomic mass is 10.1. The average Bonchev–Trinajstić information content (AvgIpc) is 2.60. The Morgan fingerprint density at radius 3 is 3.24 bits per heavy atom. The molecule has 1 N–H and O–H groups in total. The molecule has 3 rings (SSSR count). The fraction of sp³-hybridized carbons (Fsp3) is 0.462. The van der Waals surface area contributed by atoms with Gasteiger partial charge >= 0.3 is 0 Å². The molecule has 0 saturated heterocycles. The Hall–Kier alpha value is -1.39. The second kappa shape index (κ2) is 4.47. The van der Waals surface area contributed by atoms with Crippen molar-refractivity contribution < 1.29 is 4.74 Å². The zero-order chi connectivity index (χ0) is 11.7. The van der Waals surface area contributed by atoms with Crippen molar-refractivity contribution in [2.75, 3.05) is 20.2 Å². The maximum atomic E-state index is 5.91. The summed E-state index contributed by atoms with van der Waals surface area (Å²) in [5.74, 6) is 0. The first-order valence-electron chi connectivity index (χ1n) is 6.12. The van der Waals surface area contributed by atoms with E-state index in [2.05, 4.69) is 33.3 Å². The molecule has 1 aliphatic rings. The molecule has 4 heteroatoms. The second-order valence-corrected chi connectivity index (χ2v) is 4.40. The number of hydrogen-bond donors (Lipinski definition) is 1. The normalized spacial score (nSPS) is 20.2. The van der Waals surface area contributed by atoms with E-state index in [0.29, 0.717) is 0 Å². The number of aromatic nitrogens is 2. The van der Waals surface area contributed by atoms with Gasteiger partial charge in [0.25, 0.3) is 0 Å². The van der Waals surface area contributed by atoms with Crippen LogP contribution < -0.4 is 5.32 Å². The van der Waals surface area contributed by atoms with E-state index < -0.39 is 0 Å².